The van der Waals surface area contributed by atoms with E-state index in [1.807, 2.05) is 19.1 Å². The maximum atomic E-state index is 12.8. The van der Waals surface area contributed by atoms with Crippen molar-refractivity contribution in [3.8, 4) is 0 Å². The largest absolute Gasteiger partial charge is 0.478 e. The molecule has 1 aliphatic rings. The van der Waals surface area contributed by atoms with Crippen LogP contribution >= 0.6 is 0 Å². The lowest BCUT2D eigenvalue weighted by molar-refractivity contribution is -0.133. The van der Waals surface area contributed by atoms with Crippen molar-refractivity contribution in [3.63, 3.8) is 0 Å². The summed E-state index contributed by atoms with van der Waals surface area (Å²) >= 11 is 0. The minimum absolute atomic E-state index is 0.188. The Balaban J connectivity index is 1.79. The molecule has 0 saturated heterocycles. The number of carboxylic acid groups (broad SMARTS) is 1. The fourth-order valence-electron chi connectivity index (χ4n) is 3.32. The summed E-state index contributed by atoms with van der Waals surface area (Å²) in [4.78, 5) is 11.2. The number of benzene rings is 1. The smallest absolute Gasteiger partial charge is 0.331 e. The van der Waals surface area contributed by atoms with Crippen molar-refractivity contribution < 1.29 is 14.3 Å². The molecule has 0 atom stereocenters. The molecule has 1 saturated carbocycles. The van der Waals surface area contributed by atoms with Gasteiger partial charge in [-0.05, 0) is 75.0 Å². The van der Waals surface area contributed by atoms with E-state index in [1.165, 1.54) is 17.7 Å². The molecule has 0 unspecified atom stereocenters. The molecule has 114 valence electrons. The molecule has 0 amide bonds. The Morgan fingerprint density at radius 1 is 1.24 bits per heavy atom. The number of carbonyl (C=O) groups is 1. The maximum Gasteiger partial charge on any atom is 0.331 e. The third-order valence-electron chi connectivity index (χ3n) is 4.60. The first-order chi connectivity index (χ1) is 10.1. The van der Waals surface area contributed by atoms with Crippen LogP contribution in [0.25, 0.3) is 0 Å². The number of hydrogen-bond acceptors (Lipinski definition) is 1. The standard InChI is InChI=1S/C18H23FO2/c1-2-17(18(20)21)15-9-5-13(6-10-15)3-4-14-7-11-16(19)12-8-14/h2,7-8,11-13,15H,3-6,9-10H2,1H3,(H,20,21). The summed E-state index contributed by atoms with van der Waals surface area (Å²) < 4.78 is 12.8. The van der Waals surface area contributed by atoms with Gasteiger partial charge in [-0.1, -0.05) is 18.2 Å². The van der Waals surface area contributed by atoms with Gasteiger partial charge in [0.1, 0.15) is 5.82 Å². The summed E-state index contributed by atoms with van der Waals surface area (Å²) in [5.41, 5.74) is 1.75. The molecule has 0 aromatic heterocycles. The van der Waals surface area contributed by atoms with Crippen LogP contribution in [0.2, 0.25) is 0 Å². The quantitative estimate of drug-likeness (QED) is 0.805. The highest BCUT2D eigenvalue weighted by Gasteiger charge is 2.26. The van der Waals surface area contributed by atoms with Crippen LogP contribution in [-0.4, -0.2) is 11.1 Å². The van der Waals surface area contributed by atoms with Crippen LogP contribution in [0.4, 0.5) is 4.39 Å². The van der Waals surface area contributed by atoms with Crippen molar-refractivity contribution in [1.29, 1.82) is 0 Å². The summed E-state index contributed by atoms with van der Waals surface area (Å²) in [5.74, 6) is -0.0770. The second-order valence-electron chi connectivity index (χ2n) is 5.93. The average molecular weight is 290 g/mol. The van der Waals surface area contributed by atoms with Gasteiger partial charge in [0, 0.05) is 5.57 Å². The van der Waals surface area contributed by atoms with Gasteiger partial charge >= 0.3 is 5.97 Å². The molecule has 0 aliphatic heterocycles. The van der Waals surface area contributed by atoms with E-state index in [2.05, 4.69) is 0 Å². The second kappa shape index (κ2) is 7.39. The molecule has 1 aromatic rings. The Morgan fingerprint density at radius 3 is 2.38 bits per heavy atom. The molecular formula is C18H23FO2. The van der Waals surface area contributed by atoms with Crippen molar-refractivity contribution in [3.05, 3.63) is 47.3 Å². The van der Waals surface area contributed by atoms with E-state index in [4.69, 9.17) is 5.11 Å². The van der Waals surface area contributed by atoms with E-state index in [-0.39, 0.29) is 11.7 Å². The van der Waals surface area contributed by atoms with Gasteiger partial charge in [0.05, 0.1) is 0 Å². The Labute approximate surface area is 125 Å². The highest BCUT2D eigenvalue weighted by molar-refractivity contribution is 5.87. The zero-order valence-electron chi connectivity index (χ0n) is 12.5. The van der Waals surface area contributed by atoms with Gasteiger partial charge in [-0.25, -0.2) is 9.18 Å². The normalized spacial score (nSPS) is 23.0. The molecule has 0 radical (unpaired) electrons. The maximum absolute atomic E-state index is 12.8. The predicted molar refractivity (Wildman–Crippen MR) is 81.6 cm³/mol. The van der Waals surface area contributed by atoms with E-state index in [0.717, 1.165) is 38.5 Å². The number of halogens is 1. The highest BCUT2D eigenvalue weighted by atomic mass is 19.1. The molecule has 2 rings (SSSR count). The molecule has 1 aromatic carbocycles. The minimum Gasteiger partial charge on any atom is -0.478 e. The predicted octanol–water partition coefficient (Wildman–Crippen LogP) is 4.60. The van der Waals surface area contributed by atoms with Gasteiger partial charge in [0.15, 0.2) is 0 Å². The number of rotatable bonds is 5. The third-order valence-corrected chi connectivity index (χ3v) is 4.60. The molecule has 0 heterocycles. The summed E-state index contributed by atoms with van der Waals surface area (Å²) in [6.45, 7) is 1.81. The lowest BCUT2D eigenvalue weighted by Gasteiger charge is -2.28. The number of hydrogen-bond donors (Lipinski definition) is 1. The van der Waals surface area contributed by atoms with Gasteiger partial charge in [-0.3, -0.25) is 0 Å². The molecule has 1 fully saturated rings. The van der Waals surface area contributed by atoms with Crippen molar-refractivity contribution in [2.75, 3.05) is 0 Å². The molecule has 2 nitrogen and oxygen atoms in total. The average Bonchev–Trinajstić information content (AvgIpc) is 2.48. The van der Waals surface area contributed by atoms with Crippen molar-refractivity contribution in [1.82, 2.24) is 0 Å². The van der Waals surface area contributed by atoms with Crippen molar-refractivity contribution in [2.24, 2.45) is 11.8 Å². The van der Waals surface area contributed by atoms with Crippen LogP contribution in [0.3, 0.4) is 0 Å². The minimum atomic E-state index is -0.771. The topological polar surface area (TPSA) is 37.3 Å². The lowest BCUT2D eigenvalue weighted by atomic mass is 9.76. The fraction of sp³-hybridized carbons (Fsp3) is 0.500. The van der Waals surface area contributed by atoms with Gasteiger partial charge < -0.3 is 5.11 Å². The van der Waals surface area contributed by atoms with E-state index in [1.54, 1.807) is 6.08 Å². The number of allylic oxidation sites excluding steroid dienone is 1. The van der Waals surface area contributed by atoms with Crippen LogP contribution in [0.15, 0.2) is 35.9 Å². The zero-order valence-corrected chi connectivity index (χ0v) is 12.5. The fourth-order valence-corrected chi connectivity index (χ4v) is 3.32. The lowest BCUT2D eigenvalue weighted by Crippen LogP contribution is -2.20. The van der Waals surface area contributed by atoms with Gasteiger partial charge in [-0.15, -0.1) is 0 Å². The molecule has 21 heavy (non-hydrogen) atoms. The molecule has 1 N–H and O–H groups in total. The van der Waals surface area contributed by atoms with Crippen LogP contribution in [0, 0.1) is 17.7 Å². The Hall–Kier alpha value is -1.64. The third kappa shape index (κ3) is 4.42. The zero-order chi connectivity index (χ0) is 15.2. The van der Waals surface area contributed by atoms with E-state index in [9.17, 15) is 9.18 Å². The van der Waals surface area contributed by atoms with E-state index < -0.39 is 5.97 Å². The molecule has 0 bridgehead atoms. The summed E-state index contributed by atoms with van der Waals surface area (Å²) in [6.07, 6.45) is 7.96. The van der Waals surface area contributed by atoms with Crippen molar-refractivity contribution in [2.45, 2.75) is 45.4 Å². The van der Waals surface area contributed by atoms with Crippen LogP contribution in [0.1, 0.15) is 44.6 Å². The molecular weight excluding hydrogens is 267 g/mol. The summed E-state index contributed by atoms with van der Waals surface area (Å²) in [6, 6.07) is 6.72. The number of carboxylic acids is 1. The van der Waals surface area contributed by atoms with Crippen LogP contribution < -0.4 is 0 Å². The molecule has 0 spiro atoms. The summed E-state index contributed by atoms with van der Waals surface area (Å²) in [7, 11) is 0. The first-order valence-corrected chi connectivity index (χ1v) is 7.74. The monoisotopic (exact) mass is 290 g/mol. The van der Waals surface area contributed by atoms with E-state index in [0.29, 0.717) is 11.5 Å². The van der Waals surface area contributed by atoms with E-state index >= 15 is 0 Å². The number of aryl methyl sites for hydroxylation is 1. The summed E-state index contributed by atoms with van der Waals surface area (Å²) in [5, 5.41) is 9.17. The molecule has 1 aliphatic carbocycles. The van der Waals surface area contributed by atoms with Gasteiger partial charge in [0.2, 0.25) is 0 Å². The SMILES string of the molecule is CC=C(C(=O)O)C1CCC(CCc2ccc(F)cc2)CC1. The highest BCUT2D eigenvalue weighted by Crippen LogP contribution is 2.35. The van der Waals surface area contributed by atoms with Crippen molar-refractivity contribution >= 4 is 5.97 Å². The number of aliphatic carboxylic acids is 1. The van der Waals surface area contributed by atoms with Crippen LogP contribution in [-0.2, 0) is 11.2 Å². The molecule has 3 heteroatoms. The van der Waals surface area contributed by atoms with Crippen LogP contribution in [0.5, 0.6) is 0 Å². The second-order valence-corrected chi connectivity index (χ2v) is 5.93. The Bertz CT molecular complexity index is 496. The van der Waals surface area contributed by atoms with Gasteiger partial charge in [-0.2, -0.15) is 0 Å². The first kappa shape index (κ1) is 15.7. The van der Waals surface area contributed by atoms with Gasteiger partial charge in [0.25, 0.3) is 0 Å². The first-order valence-electron chi connectivity index (χ1n) is 7.74. The Kier molecular flexibility index (Phi) is 5.54. The Morgan fingerprint density at radius 2 is 1.86 bits per heavy atom.